The van der Waals surface area contributed by atoms with E-state index in [-0.39, 0.29) is 0 Å². The van der Waals surface area contributed by atoms with Gasteiger partial charge in [-0.05, 0) is 49.4 Å². The molecule has 4 heteroatoms. The van der Waals surface area contributed by atoms with Crippen molar-refractivity contribution in [1.29, 1.82) is 0 Å². The van der Waals surface area contributed by atoms with Crippen molar-refractivity contribution in [3.8, 4) is 0 Å². The molecule has 2 fully saturated rings. The second-order valence-corrected chi connectivity index (χ2v) is 7.91. The highest BCUT2D eigenvalue weighted by Gasteiger charge is 2.24. The number of amides is 1. The molecule has 0 atom stereocenters. The first-order valence-corrected chi connectivity index (χ1v) is 9.80. The van der Waals surface area contributed by atoms with E-state index in [4.69, 9.17) is 0 Å². The van der Waals surface area contributed by atoms with E-state index >= 15 is 0 Å². The molecule has 3 nitrogen and oxygen atoms in total. The van der Waals surface area contributed by atoms with Gasteiger partial charge in [-0.2, -0.15) is 0 Å². The summed E-state index contributed by atoms with van der Waals surface area (Å²) >= 11 is 3.46. The molecule has 1 aromatic rings. The molecular formula is C19H27BrN2O. The number of nitrogens with one attached hydrogen (secondary N) is 1. The van der Waals surface area contributed by atoms with Crippen LogP contribution < -0.4 is 5.32 Å². The number of hydrogen-bond donors (Lipinski definition) is 1. The summed E-state index contributed by atoms with van der Waals surface area (Å²) in [6.45, 7) is 1.80. The molecule has 1 saturated carbocycles. The highest BCUT2D eigenvalue weighted by Crippen LogP contribution is 2.29. The first kappa shape index (κ1) is 16.8. The van der Waals surface area contributed by atoms with E-state index in [9.17, 15) is 4.79 Å². The van der Waals surface area contributed by atoms with Gasteiger partial charge in [-0.3, -0.25) is 4.79 Å². The maximum atomic E-state index is 12.4. The Hall–Kier alpha value is -1.03. The van der Waals surface area contributed by atoms with E-state index < -0.39 is 0 Å². The zero-order chi connectivity index (χ0) is 16.1. The van der Waals surface area contributed by atoms with E-state index in [1.807, 2.05) is 0 Å². The van der Waals surface area contributed by atoms with Gasteiger partial charge in [0.1, 0.15) is 0 Å². The van der Waals surface area contributed by atoms with Crippen molar-refractivity contribution in [2.45, 2.75) is 57.4 Å². The maximum absolute atomic E-state index is 12.4. The van der Waals surface area contributed by atoms with Gasteiger partial charge in [0.15, 0.2) is 0 Å². The summed E-state index contributed by atoms with van der Waals surface area (Å²) < 4.78 is 1.10. The van der Waals surface area contributed by atoms with Crippen LogP contribution in [0.25, 0.3) is 0 Å². The molecule has 1 aliphatic carbocycles. The van der Waals surface area contributed by atoms with Crippen molar-refractivity contribution in [3.05, 3.63) is 28.7 Å². The Bertz CT molecular complexity index is 503. The third kappa shape index (κ3) is 4.97. The van der Waals surface area contributed by atoms with Crippen LogP contribution in [0.2, 0.25) is 0 Å². The molecule has 2 aliphatic rings. The second kappa shape index (κ2) is 8.18. The minimum atomic E-state index is 0.374. The summed E-state index contributed by atoms with van der Waals surface area (Å²) in [6.07, 6.45) is 9.37. The Morgan fingerprint density at radius 1 is 1.09 bits per heavy atom. The Labute approximate surface area is 148 Å². The third-order valence-corrected chi connectivity index (χ3v) is 5.83. The fourth-order valence-electron chi connectivity index (χ4n) is 3.84. The molecular weight excluding hydrogens is 352 g/mol. The van der Waals surface area contributed by atoms with Crippen LogP contribution in [0.15, 0.2) is 28.7 Å². The molecule has 0 unspecified atom stereocenters. The van der Waals surface area contributed by atoms with Crippen LogP contribution in [-0.2, 0) is 4.79 Å². The SMILES string of the molecule is O=C(CCC1CCCC1)N1CCC(Nc2ccc(Br)cc2)CC1. The number of carbonyl (C=O) groups is 1. The Morgan fingerprint density at radius 2 is 1.74 bits per heavy atom. The Balaban J connectivity index is 1.39. The molecule has 1 amide bonds. The molecule has 0 aromatic heterocycles. The van der Waals surface area contributed by atoms with Crippen LogP contribution in [0, 0.1) is 5.92 Å². The molecule has 0 bridgehead atoms. The minimum absolute atomic E-state index is 0.374. The van der Waals surface area contributed by atoms with Gasteiger partial charge in [-0.25, -0.2) is 0 Å². The number of carbonyl (C=O) groups excluding carboxylic acids is 1. The van der Waals surface area contributed by atoms with Crippen LogP contribution in [0.3, 0.4) is 0 Å². The van der Waals surface area contributed by atoms with E-state index in [0.717, 1.165) is 49.2 Å². The van der Waals surface area contributed by atoms with Crippen LogP contribution in [0.1, 0.15) is 51.4 Å². The van der Waals surface area contributed by atoms with Crippen LogP contribution in [-0.4, -0.2) is 29.9 Å². The van der Waals surface area contributed by atoms with E-state index in [0.29, 0.717) is 11.9 Å². The summed E-state index contributed by atoms with van der Waals surface area (Å²) in [4.78, 5) is 14.4. The van der Waals surface area contributed by atoms with Gasteiger partial charge in [-0.1, -0.05) is 41.6 Å². The largest absolute Gasteiger partial charge is 0.382 e. The molecule has 1 aliphatic heterocycles. The zero-order valence-electron chi connectivity index (χ0n) is 13.8. The first-order valence-electron chi connectivity index (χ1n) is 9.00. The summed E-state index contributed by atoms with van der Waals surface area (Å²) in [5.41, 5.74) is 1.17. The lowest BCUT2D eigenvalue weighted by Crippen LogP contribution is -2.42. The summed E-state index contributed by atoms with van der Waals surface area (Å²) in [5.74, 6) is 1.19. The van der Waals surface area contributed by atoms with E-state index in [1.165, 1.54) is 31.4 Å². The van der Waals surface area contributed by atoms with Gasteiger partial charge in [0.05, 0.1) is 0 Å². The fourth-order valence-corrected chi connectivity index (χ4v) is 4.10. The molecule has 3 rings (SSSR count). The monoisotopic (exact) mass is 378 g/mol. The average Bonchev–Trinajstić information content (AvgIpc) is 3.09. The fraction of sp³-hybridized carbons (Fsp3) is 0.632. The van der Waals surface area contributed by atoms with Gasteiger partial charge in [0.2, 0.25) is 5.91 Å². The molecule has 23 heavy (non-hydrogen) atoms. The predicted molar refractivity (Wildman–Crippen MR) is 98.6 cm³/mol. The van der Waals surface area contributed by atoms with Crippen molar-refractivity contribution < 1.29 is 4.79 Å². The quantitative estimate of drug-likeness (QED) is 0.795. The highest BCUT2D eigenvalue weighted by atomic mass is 79.9. The molecule has 126 valence electrons. The van der Waals surface area contributed by atoms with E-state index in [2.05, 4.69) is 50.4 Å². The number of likely N-dealkylation sites (tertiary alicyclic amines) is 1. The smallest absolute Gasteiger partial charge is 0.222 e. The van der Waals surface area contributed by atoms with Gasteiger partial charge >= 0.3 is 0 Å². The van der Waals surface area contributed by atoms with Crippen molar-refractivity contribution in [1.82, 2.24) is 4.90 Å². The minimum Gasteiger partial charge on any atom is -0.382 e. The number of nitrogens with zero attached hydrogens (tertiary/aromatic N) is 1. The average molecular weight is 379 g/mol. The number of piperidine rings is 1. The standard InChI is InChI=1S/C19H27BrN2O/c20-16-6-8-17(9-7-16)21-18-11-13-22(14-12-18)19(23)10-5-15-3-1-2-4-15/h6-9,15,18,21H,1-5,10-14H2. The number of benzene rings is 1. The molecule has 1 heterocycles. The van der Waals surface area contributed by atoms with Crippen molar-refractivity contribution in [3.63, 3.8) is 0 Å². The molecule has 1 saturated heterocycles. The summed E-state index contributed by atoms with van der Waals surface area (Å²) in [6, 6.07) is 8.80. The van der Waals surface area contributed by atoms with Gasteiger partial charge in [-0.15, -0.1) is 0 Å². The lowest BCUT2D eigenvalue weighted by molar-refractivity contribution is -0.132. The normalized spacial score (nSPS) is 20.0. The first-order chi connectivity index (χ1) is 11.2. The number of rotatable bonds is 5. The van der Waals surface area contributed by atoms with Gasteiger partial charge in [0.25, 0.3) is 0 Å². The topological polar surface area (TPSA) is 32.3 Å². The Morgan fingerprint density at radius 3 is 2.39 bits per heavy atom. The number of hydrogen-bond acceptors (Lipinski definition) is 2. The van der Waals surface area contributed by atoms with Gasteiger partial charge < -0.3 is 10.2 Å². The van der Waals surface area contributed by atoms with Gasteiger partial charge in [0, 0.05) is 35.7 Å². The van der Waals surface area contributed by atoms with Crippen LogP contribution in [0.4, 0.5) is 5.69 Å². The van der Waals surface area contributed by atoms with Crippen molar-refractivity contribution in [2.24, 2.45) is 5.92 Å². The molecule has 0 spiro atoms. The number of anilines is 1. The van der Waals surface area contributed by atoms with Crippen LogP contribution in [0.5, 0.6) is 0 Å². The lowest BCUT2D eigenvalue weighted by atomic mass is 10.00. The molecule has 1 aromatic carbocycles. The lowest BCUT2D eigenvalue weighted by Gasteiger charge is -2.33. The van der Waals surface area contributed by atoms with Crippen molar-refractivity contribution >= 4 is 27.5 Å². The maximum Gasteiger partial charge on any atom is 0.222 e. The highest BCUT2D eigenvalue weighted by molar-refractivity contribution is 9.10. The Kier molecular flexibility index (Phi) is 5.98. The third-order valence-electron chi connectivity index (χ3n) is 5.30. The predicted octanol–water partition coefficient (Wildman–Crippen LogP) is 4.82. The molecule has 1 N–H and O–H groups in total. The van der Waals surface area contributed by atoms with E-state index in [1.54, 1.807) is 0 Å². The molecule has 0 radical (unpaired) electrons. The second-order valence-electron chi connectivity index (χ2n) is 7.00. The summed E-state index contributed by atoms with van der Waals surface area (Å²) in [7, 11) is 0. The van der Waals surface area contributed by atoms with Crippen LogP contribution >= 0.6 is 15.9 Å². The van der Waals surface area contributed by atoms with Crippen molar-refractivity contribution in [2.75, 3.05) is 18.4 Å². The summed E-state index contributed by atoms with van der Waals surface area (Å²) in [5, 5.41) is 3.59. The zero-order valence-corrected chi connectivity index (χ0v) is 15.4. The number of halogens is 1.